The smallest absolute Gasteiger partial charge is 0.387 e. The maximum atomic E-state index is 13.0. The van der Waals surface area contributed by atoms with Crippen LogP contribution < -0.4 is 5.32 Å². The van der Waals surface area contributed by atoms with Crippen molar-refractivity contribution in [3.05, 3.63) is 36.5 Å². The molecule has 0 radical (unpaired) electrons. The van der Waals surface area contributed by atoms with E-state index in [-0.39, 0.29) is 19.1 Å². The minimum Gasteiger partial charge on any atom is -0.387 e. The molecule has 3 atom stereocenters. The molecule has 0 aliphatic heterocycles. The molecule has 0 aromatic rings. The van der Waals surface area contributed by atoms with Gasteiger partial charge in [-0.3, -0.25) is 13.8 Å². The Morgan fingerprint density at radius 2 is 0.760 bits per heavy atom. The van der Waals surface area contributed by atoms with Crippen molar-refractivity contribution in [2.45, 2.75) is 341 Å². The van der Waals surface area contributed by atoms with Crippen LogP contribution in [0.4, 0.5) is 0 Å². The number of hydrogen-bond acceptors (Lipinski definition) is 5. The molecule has 0 fully saturated rings. The van der Waals surface area contributed by atoms with Gasteiger partial charge in [-0.15, -0.1) is 0 Å². The summed E-state index contributed by atoms with van der Waals surface area (Å²) in [7, 11) is 1.58. The highest BCUT2D eigenvalue weighted by Gasteiger charge is 2.28. The number of quaternary nitrogens is 1. The third-order valence-electron chi connectivity index (χ3n) is 15.1. The third kappa shape index (κ3) is 60.2. The zero-order chi connectivity index (χ0) is 54.9. The molecule has 9 heteroatoms. The summed E-state index contributed by atoms with van der Waals surface area (Å²) in [5.41, 5.74) is 0. The maximum absolute atomic E-state index is 13.0. The standard InChI is InChI=1S/C66H129N2O6P/c1-6-8-10-12-14-16-18-20-22-23-24-25-26-27-28-29-30-31-32-33-34-35-36-37-38-39-40-41-42-43-44-45-46-48-50-52-54-56-58-60-66(70)67-64(63-74-75(71,72)73-62-61-68(3,4)5)65(69)59-57-55-53-51-49-47-21-19-17-15-13-11-9-7-2/h30-31,33-34,57,59,64-65,69H,6-29,32,35-56,58,60-63H2,1-5H3,(H-,67,70,71,72)/p+1/b31-30-,34-33-,59-57+. The van der Waals surface area contributed by atoms with Crippen molar-refractivity contribution in [2.24, 2.45) is 0 Å². The van der Waals surface area contributed by atoms with Crippen LogP contribution in [0.5, 0.6) is 0 Å². The van der Waals surface area contributed by atoms with Gasteiger partial charge in [-0.2, -0.15) is 0 Å². The number of amides is 1. The first-order chi connectivity index (χ1) is 36.5. The Hall–Kier alpha value is -1.28. The predicted octanol–water partition coefficient (Wildman–Crippen LogP) is 20.5. The van der Waals surface area contributed by atoms with Gasteiger partial charge in [-0.1, -0.05) is 307 Å². The van der Waals surface area contributed by atoms with Crippen molar-refractivity contribution in [3.8, 4) is 0 Å². The highest BCUT2D eigenvalue weighted by molar-refractivity contribution is 7.47. The maximum Gasteiger partial charge on any atom is 0.472 e. The molecule has 75 heavy (non-hydrogen) atoms. The number of hydrogen-bond donors (Lipinski definition) is 3. The van der Waals surface area contributed by atoms with E-state index < -0.39 is 20.0 Å². The summed E-state index contributed by atoms with van der Waals surface area (Å²) in [6.07, 6.45) is 75.8. The highest BCUT2D eigenvalue weighted by atomic mass is 31.2. The first-order valence-electron chi connectivity index (χ1n) is 32.9. The third-order valence-corrected chi connectivity index (χ3v) is 16.1. The first-order valence-corrected chi connectivity index (χ1v) is 34.4. The predicted molar refractivity (Wildman–Crippen MR) is 328 cm³/mol. The van der Waals surface area contributed by atoms with Crippen LogP contribution >= 0.6 is 7.82 Å². The van der Waals surface area contributed by atoms with Gasteiger partial charge in [0.05, 0.1) is 39.9 Å². The molecule has 0 bridgehead atoms. The van der Waals surface area contributed by atoms with Crippen molar-refractivity contribution in [2.75, 3.05) is 40.9 Å². The summed E-state index contributed by atoms with van der Waals surface area (Å²) >= 11 is 0. The molecule has 0 saturated carbocycles. The number of likely N-dealkylation sites (N-methyl/N-ethyl adjacent to an activating group) is 1. The topological polar surface area (TPSA) is 105 Å². The van der Waals surface area contributed by atoms with E-state index in [0.29, 0.717) is 17.4 Å². The van der Waals surface area contributed by atoms with E-state index >= 15 is 0 Å². The number of aliphatic hydroxyl groups is 1. The number of aliphatic hydroxyl groups excluding tert-OH is 1. The average molecular weight is 1080 g/mol. The van der Waals surface area contributed by atoms with Crippen LogP contribution in [-0.4, -0.2) is 73.4 Å². The van der Waals surface area contributed by atoms with E-state index in [0.717, 1.165) is 44.9 Å². The monoisotopic (exact) mass is 1080 g/mol. The molecule has 0 heterocycles. The number of rotatable bonds is 61. The van der Waals surface area contributed by atoms with Crippen molar-refractivity contribution in [1.82, 2.24) is 5.32 Å². The van der Waals surface area contributed by atoms with E-state index in [1.807, 2.05) is 27.2 Å². The van der Waals surface area contributed by atoms with Crippen LogP contribution in [-0.2, 0) is 18.4 Å². The Bertz CT molecular complexity index is 1320. The van der Waals surface area contributed by atoms with E-state index in [9.17, 15) is 19.4 Å². The highest BCUT2D eigenvalue weighted by Crippen LogP contribution is 2.43. The van der Waals surface area contributed by atoms with Gasteiger partial charge in [-0.05, 0) is 51.4 Å². The molecule has 444 valence electrons. The van der Waals surface area contributed by atoms with Crippen molar-refractivity contribution in [1.29, 1.82) is 0 Å². The van der Waals surface area contributed by atoms with Crippen molar-refractivity contribution < 1.29 is 32.9 Å². The second-order valence-electron chi connectivity index (χ2n) is 23.8. The number of nitrogens with zero attached hydrogens (tertiary/aromatic N) is 1. The fourth-order valence-corrected chi connectivity index (χ4v) is 10.7. The van der Waals surface area contributed by atoms with Gasteiger partial charge in [0.15, 0.2) is 0 Å². The fraction of sp³-hybridized carbons (Fsp3) is 0.894. The largest absolute Gasteiger partial charge is 0.472 e. The summed E-state index contributed by atoms with van der Waals surface area (Å²) in [5.74, 6) is -0.173. The second-order valence-corrected chi connectivity index (χ2v) is 25.3. The molecule has 0 spiro atoms. The van der Waals surface area contributed by atoms with Crippen LogP contribution in [0, 0.1) is 0 Å². The molecule has 0 aliphatic carbocycles. The summed E-state index contributed by atoms with van der Waals surface area (Å²) in [4.78, 5) is 23.3. The lowest BCUT2D eigenvalue weighted by atomic mass is 10.0. The van der Waals surface area contributed by atoms with Gasteiger partial charge in [0.2, 0.25) is 5.91 Å². The molecule has 0 aliphatic rings. The molecule has 3 N–H and O–H groups in total. The minimum absolute atomic E-state index is 0.0628. The number of nitrogens with one attached hydrogen (secondary N) is 1. The first kappa shape index (κ1) is 73.7. The number of phosphoric ester groups is 1. The van der Waals surface area contributed by atoms with Gasteiger partial charge in [0.25, 0.3) is 0 Å². The SMILES string of the molecule is CCCCCCCCCCCCCC/C=C/C(O)C(COP(=O)(O)OCC[N+](C)(C)C)NC(=O)CCCCCCCCCCCCCCCCCCC/C=C\C/C=C\CCCCCCCCCCCCCCCCC. The van der Waals surface area contributed by atoms with Crippen LogP contribution in [0.2, 0.25) is 0 Å². The molecule has 0 saturated heterocycles. The molecule has 0 aromatic heterocycles. The van der Waals surface area contributed by atoms with Gasteiger partial charge in [-0.25, -0.2) is 4.57 Å². The van der Waals surface area contributed by atoms with Gasteiger partial charge < -0.3 is 19.8 Å². The lowest BCUT2D eigenvalue weighted by Crippen LogP contribution is -2.45. The summed E-state index contributed by atoms with van der Waals surface area (Å²) in [5, 5.41) is 13.9. The molecular formula is C66H130N2O6P+. The Labute approximate surface area is 467 Å². The van der Waals surface area contributed by atoms with E-state index in [4.69, 9.17) is 9.05 Å². The molecule has 3 unspecified atom stereocenters. The van der Waals surface area contributed by atoms with Crippen LogP contribution in [0.3, 0.4) is 0 Å². The van der Waals surface area contributed by atoms with Gasteiger partial charge in [0, 0.05) is 6.42 Å². The number of phosphoric acid groups is 1. The minimum atomic E-state index is -4.34. The van der Waals surface area contributed by atoms with Crippen LogP contribution in [0.15, 0.2) is 36.5 Å². The normalized spacial score (nSPS) is 14.0. The summed E-state index contributed by atoms with van der Waals surface area (Å²) in [6.45, 7) is 4.85. The zero-order valence-electron chi connectivity index (χ0n) is 50.8. The fourth-order valence-electron chi connectivity index (χ4n) is 9.96. The number of allylic oxidation sites excluding steroid dienone is 5. The number of carbonyl (C=O) groups is 1. The van der Waals surface area contributed by atoms with Crippen molar-refractivity contribution >= 4 is 13.7 Å². The van der Waals surface area contributed by atoms with Crippen molar-refractivity contribution in [3.63, 3.8) is 0 Å². The molecule has 0 aromatic carbocycles. The van der Waals surface area contributed by atoms with E-state index in [1.54, 1.807) is 6.08 Å². The Morgan fingerprint density at radius 3 is 1.09 bits per heavy atom. The Kier molecular flexibility index (Phi) is 56.4. The van der Waals surface area contributed by atoms with Gasteiger partial charge >= 0.3 is 7.82 Å². The van der Waals surface area contributed by atoms with E-state index in [2.05, 4.69) is 43.5 Å². The van der Waals surface area contributed by atoms with Crippen LogP contribution in [0.25, 0.3) is 0 Å². The number of carbonyl (C=O) groups excluding carboxylic acids is 1. The van der Waals surface area contributed by atoms with E-state index in [1.165, 1.54) is 263 Å². The Balaban J connectivity index is 3.90. The average Bonchev–Trinajstić information content (AvgIpc) is 3.37. The lowest BCUT2D eigenvalue weighted by Gasteiger charge is -2.25. The van der Waals surface area contributed by atoms with Gasteiger partial charge in [0.1, 0.15) is 13.2 Å². The zero-order valence-corrected chi connectivity index (χ0v) is 51.7. The molecule has 1 amide bonds. The molecule has 8 nitrogen and oxygen atoms in total. The molecule has 0 rings (SSSR count). The molecular weight excluding hydrogens is 948 g/mol. The van der Waals surface area contributed by atoms with Crippen LogP contribution in [0.1, 0.15) is 328 Å². The Morgan fingerprint density at radius 1 is 0.453 bits per heavy atom. The quantitative estimate of drug-likeness (QED) is 0.0243. The summed E-state index contributed by atoms with van der Waals surface area (Å²) < 4.78 is 23.7. The number of unbranched alkanes of at least 4 members (excludes halogenated alkanes) is 44. The lowest BCUT2D eigenvalue weighted by molar-refractivity contribution is -0.870. The summed E-state index contributed by atoms with van der Waals surface area (Å²) in [6, 6.07) is -0.845. The second kappa shape index (κ2) is 57.4.